The zero-order valence-electron chi connectivity index (χ0n) is 13.0. The van der Waals surface area contributed by atoms with Crippen molar-refractivity contribution in [2.45, 2.75) is 11.8 Å². The Morgan fingerprint density at radius 2 is 1.74 bits per heavy atom. The molecule has 0 aliphatic carbocycles. The third kappa shape index (κ3) is 4.56. The van der Waals surface area contributed by atoms with Crippen molar-refractivity contribution < 1.29 is 8.42 Å². The van der Waals surface area contributed by atoms with Crippen molar-refractivity contribution in [3.8, 4) is 12.3 Å². The molecule has 0 bridgehead atoms. The number of benzene rings is 2. The Kier molecular flexibility index (Phi) is 5.75. The van der Waals surface area contributed by atoms with Crippen LogP contribution in [0.15, 0.2) is 65.6 Å². The summed E-state index contributed by atoms with van der Waals surface area (Å²) >= 11 is 0. The first-order chi connectivity index (χ1) is 11.0. The highest BCUT2D eigenvalue weighted by Gasteiger charge is 2.22. The number of sulfonamides is 1. The first-order valence-electron chi connectivity index (χ1n) is 7.26. The number of terminal acetylenes is 1. The number of rotatable bonds is 6. The maximum Gasteiger partial charge on any atom is 0.244 e. The van der Waals surface area contributed by atoms with E-state index in [1.165, 1.54) is 4.31 Å². The minimum absolute atomic E-state index is 0.0370. The first-order valence-corrected chi connectivity index (χ1v) is 8.70. The van der Waals surface area contributed by atoms with Gasteiger partial charge in [-0.05, 0) is 24.6 Å². The van der Waals surface area contributed by atoms with Gasteiger partial charge in [-0.1, -0.05) is 66.1 Å². The SMILES string of the molecule is C#CCN(CC=Cc1ccccc1)S(=O)(=O)c1ccc(C)cc1. The van der Waals surface area contributed by atoms with Gasteiger partial charge < -0.3 is 0 Å². The molecule has 0 spiro atoms. The van der Waals surface area contributed by atoms with E-state index < -0.39 is 10.0 Å². The van der Waals surface area contributed by atoms with Gasteiger partial charge in [0.2, 0.25) is 10.0 Å². The van der Waals surface area contributed by atoms with E-state index in [2.05, 4.69) is 5.92 Å². The zero-order chi connectivity index (χ0) is 16.7. The van der Waals surface area contributed by atoms with Crippen LogP contribution in [0.3, 0.4) is 0 Å². The Morgan fingerprint density at radius 3 is 2.35 bits per heavy atom. The van der Waals surface area contributed by atoms with Gasteiger partial charge in [0.05, 0.1) is 11.4 Å². The second-order valence-corrected chi connectivity index (χ2v) is 7.07. The van der Waals surface area contributed by atoms with Crippen LogP contribution >= 0.6 is 0 Å². The van der Waals surface area contributed by atoms with Crippen LogP contribution < -0.4 is 0 Å². The molecule has 0 saturated heterocycles. The van der Waals surface area contributed by atoms with Gasteiger partial charge in [0.25, 0.3) is 0 Å². The Bertz CT molecular complexity index is 801. The van der Waals surface area contributed by atoms with Gasteiger partial charge in [0.15, 0.2) is 0 Å². The molecule has 3 nitrogen and oxygen atoms in total. The van der Waals surface area contributed by atoms with Gasteiger partial charge in [-0.15, -0.1) is 6.42 Å². The van der Waals surface area contributed by atoms with Crippen LogP contribution in [0.25, 0.3) is 6.08 Å². The fourth-order valence-corrected chi connectivity index (χ4v) is 3.38. The summed E-state index contributed by atoms with van der Waals surface area (Å²) in [6.07, 6.45) is 9.02. The molecule has 0 aromatic heterocycles. The maximum atomic E-state index is 12.7. The third-order valence-electron chi connectivity index (χ3n) is 3.35. The zero-order valence-corrected chi connectivity index (χ0v) is 13.8. The number of hydrogen-bond donors (Lipinski definition) is 0. The van der Waals surface area contributed by atoms with Crippen molar-refractivity contribution in [3.05, 3.63) is 71.8 Å². The molecule has 0 heterocycles. The first kappa shape index (κ1) is 17.0. The van der Waals surface area contributed by atoms with E-state index in [9.17, 15) is 8.42 Å². The average molecular weight is 325 g/mol. The monoisotopic (exact) mass is 325 g/mol. The van der Waals surface area contributed by atoms with Crippen LogP contribution in [-0.4, -0.2) is 25.8 Å². The Balaban J connectivity index is 2.19. The smallest absolute Gasteiger partial charge is 0.207 e. The maximum absolute atomic E-state index is 12.7. The molecular formula is C19H19NO2S. The fraction of sp³-hybridized carbons (Fsp3) is 0.158. The van der Waals surface area contributed by atoms with E-state index in [-0.39, 0.29) is 18.0 Å². The summed E-state index contributed by atoms with van der Waals surface area (Å²) in [5.74, 6) is 2.42. The molecule has 0 aliphatic rings. The second-order valence-electron chi connectivity index (χ2n) is 5.13. The molecule has 118 valence electrons. The molecule has 0 fully saturated rings. The molecule has 23 heavy (non-hydrogen) atoms. The topological polar surface area (TPSA) is 37.4 Å². The predicted octanol–water partition coefficient (Wildman–Crippen LogP) is 3.33. The van der Waals surface area contributed by atoms with Gasteiger partial charge in [-0.25, -0.2) is 8.42 Å². The van der Waals surface area contributed by atoms with E-state index in [0.29, 0.717) is 0 Å². The van der Waals surface area contributed by atoms with E-state index >= 15 is 0 Å². The third-order valence-corrected chi connectivity index (χ3v) is 5.17. The number of aryl methyl sites for hydroxylation is 1. The molecule has 0 N–H and O–H groups in total. The van der Waals surface area contributed by atoms with Crippen molar-refractivity contribution >= 4 is 16.1 Å². The molecule has 0 aliphatic heterocycles. The highest BCUT2D eigenvalue weighted by molar-refractivity contribution is 7.89. The predicted molar refractivity (Wildman–Crippen MR) is 94.2 cm³/mol. The number of nitrogens with zero attached hydrogens (tertiary/aromatic N) is 1. The molecule has 2 aromatic carbocycles. The fourth-order valence-electron chi connectivity index (χ4n) is 2.08. The highest BCUT2D eigenvalue weighted by Crippen LogP contribution is 2.16. The quantitative estimate of drug-likeness (QED) is 0.764. The normalized spacial score (nSPS) is 11.7. The summed E-state index contributed by atoms with van der Waals surface area (Å²) in [6, 6.07) is 16.5. The van der Waals surface area contributed by atoms with Gasteiger partial charge in [0, 0.05) is 6.54 Å². The molecule has 2 aromatic rings. The molecular weight excluding hydrogens is 306 g/mol. The van der Waals surface area contributed by atoms with Gasteiger partial charge in [-0.2, -0.15) is 4.31 Å². The van der Waals surface area contributed by atoms with Gasteiger partial charge in [0.1, 0.15) is 0 Å². The minimum atomic E-state index is -3.59. The molecule has 4 heteroatoms. The largest absolute Gasteiger partial charge is 0.244 e. The van der Waals surface area contributed by atoms with Crippen LogP contribution in [-0.2, 0) is 10.0 Å². The lowest BCUT2D eigenvalue weighted by Crippen LogP contribution is -2.31. The molecule has 0 saturated carbocycles. The average Bonchev–Trinajstić information content (AvgIpc) is 2.55. The van der Waals surface area contributed by atoms with Crippen LogP contribution in [0.2, 0.25) is 0 Å². The van der Waals surface area contributed by atoms with Crippen molar-refractivity contribution in [1.29, 1.82) is 0 Å². The summed E-state index contributed by atoms with van der Waals surface area (Å²) in [4.78, 5) is 0.256. The molecule has 0 unspecified atom stereocenters. The van der Waals surface area contributed by atoms with Gasteiger partial charge in [-0.3, -0.25) is 0 Å². The van der Waals surface area contributed by atoms with E-state index in [4.69, 9.17) is 6.42 Å². The van der Waals surface area contributed by atoms with Crippen LogP contribution in [0.4, 0.5) is 0 Å². The molecule has 0 amide bonds. The summed E-state index contributed by atoms with van der Waals surface area (Å²) in [7, 11) is -3.59. The minimum Gasteiger partial charge on any atom is -0.207 e. The lowest BCUT2D eigenvalue weighted by molar-refractivity contribution is 0.478. The van der Waals surface area contributed by atoms with Crippen LogP contribution in [0, 0.1) is 19.3 Å². The summed E-state index contributed by atoms with van der Waals surface area (Å²) in [6.45, 7) is 2.18. The highest BCUT2D eigenvalue weighted by atomic mass is 32.2. The van der Waals surface area contributed by atoms with E-state index in [1.54, 1.807) is 30.3 Å². The van der Waals surface area contributed by atoms with Crippen molar-refractivity contribution in [2.75, 3.05) is 13.1 Å². The molecule has 0 atom stereocenters. The van der Waals surface area contributed by atoms with Crippen molar-refractivity contribution in [3.63, 3.8) is 0 Å². The lowest BCUT2D eigenvalue weighted by Gasteiger charge is -2.18. The van der Waals surface area contributed by atoms with Crippen LogP contribution in [0.1, 0.15) is 11.1 Å². The standard InChI is InChI=1S/C19H19NO2S/c1-3-15-20(16-7-10-18-8-5-4-6-9-18)23(21,22)19-13-11-17(2)12-14-19/h1,4-14H,15-16H2,2H3. The Labute approximate surface area is 138 Å². The summed E-state index contributed by atoms with van der Waals surface area (Å²) < 4.78 is 26.6. The lowest BCUT2D eigenvalue weighted by atomic mass is 10.2. The Hall–Kier alpha value is -2.35. The van der Waals surface area contributed by atoms with Gasteiger partial charge >= 0.3 is 0 Å². The van der Waals surface area contributed by atoms with Crippen molar-refractivity contribution in [2.24, 2.45) is 0 Å². The van der Waals surface area contributed by atoms with Crippen LogP contribution in [0.5, 0.6) is 0 Å². The number of hydrogen-bond acceptors (Lipinski definition) is 2. The van der Waals surface area contributed by atoms with Crippen molar-refractivity contribution in [1.82, 2.24) is 4.31 Å². The molecule has 2 rings (SSSR count). The Morgan fingerprint density at radius 1 is 1.09 bits per heavy atom. The summed E-state index contributed by atoms with van der Waals surface area (Å²) in [5.41, 5.74) is 2.03. The summed E-state index contributed by atoms with van der Waals surface area (Å²) in [5, 5.41) is 0. The second kappa shape index (κ2) is 7.77. The molecule has 0 radical (unpaired) electrons. The van der Waals surface area contributed by atoms with E-state index in [1.807, 2.05) is 43.3 Å². The van der Waals surface area contributed by atoms with E-state index in [0.717, 1.165) is 11.1 Å².